The zero-order valence-electron chi connectivity index (χ0n) is 14.1. The summed E-state index contributed by atoms with van der Waals surface area (Å²) in [6.45, 7) is -0.0637. The average molecular weight is 393 g/mol. The second kappa shape index (κ2) is 7.51. The van der Waals surface area contributed by atoms with Gasteiger partial charge in [0, 0.05) is 5.56 Å². The van der Waals surface area contributed by atoms with Gasteiger partial charge in [0.15, 0.2) is 11.5 Å². The average Bonchev–Trinajstić information content (AvgIpc) is 3.10. The molecular weight excluding hydrogens is 379 g/mol. The Balaban J connectivity index is 1.71. The van der Waals surface area contributed by atoms with E-state index >= 15 is 0 Å². The number of rotatable bonds is 5. The molecule has 1 heterocycles. The number of phenols is 2. The molecule has 2 aromatic carbocycles. The van der Waals surface area contributed by atoms with Crippen LogP contribution in [0.25, 0.3) is 11.3 Å². The number of phenolic OH excluding ortho intramolecular Hbond substituents is 2. The normalized spacial score (nSPS) is 11.2. The Kier molecular flexibility index (Phi) is 5.12. The first-order chi connectivity index (χ1) is 13.2. The van der Waals surface area contributed by atoms with Crippen molar-refractivity contribution in [1.82, 2.24) is 15.5 Å². The van der Waals surface area contributed by atoms with Crippen LogP contribution in [-0.4, -0.2) is 32.7 Å². The molecule has 3 rings (SSSR count). The Morgan fingerprint density at radius 1 is 1.14 bits per heavy atom. The highest BCUT2D eigenvalue weighted by Gasteiger charge is 2.32. The van der Waals surface area contributed by atoms with Crippen molar-refractivity contribution < 1.29 is 32.9 Å². The number of benzene rings is 2. The fourth-order valence-electron chi connectivity index (χ4n) is 2.47. The fraction of sp³-hybridized carbons (Fsp3) is 0.111. The van der Waals surface area contributed by atoms with Crippen LogP contribution in [0.1, 0.15) is 16.1 Å². The fourth-order valence-corrected chi connectivity index (χ4v) is 2.47. The molecule has 0 saturated heterocycles. The van der Waals surface area contributed by atoms with E-state index in [-0.39, 0.29) is 29.2 Å². The molecule has 0 atom stereocenters. The Bertz CT molecular complexity index is 1000. The van der Waals surface area contributed by atoms with E-state index in [4.69, 9.17) is 0 Å². The van der Waals surface area contributed by atoms with Crippen LogP contribution in [0, 0.1) is 0 Å². The largest absolute Gasteiger partial charge is 0.573 e. The van der Waals surface area contributed by atoms with Gasteiger partial charge in [0.25, 0.3) is 5.91 Å². The molecular formula is C18H14F3N3O4. The highest BCUT2D eigenvalue weighted by atomic mass is 19.4. The number of carbonyl (C=O) groups is 1. The first-order valence-corrected chi connectivity index (χ1v) is 7.93. The molecule has 0 fully saturated rings. The molecule has 0 spiro atoms. The van der Waals surface area contributed by atoms with Gasteiger partial charge in [-0.15, -0.1) is 13.2 Å². The van der Waals surface area contributed by atoms with Gasteiger partial charge < -0.3 is 20.3 Å². The van der Waals surface area contributed by atoms with E-state index in [9.17, 15) is 28.2 Å². The standard InChI is InChI=1S/C18H14F3N3O4/c19-18(20,21)28-15-7-2-1-4-12(15)17(27)22-9-10-8-13(24-23-10)11-5-3-6-14(25)16(11)26/h1-8,25-26H,9H2,(H,22,27)(H,23,24). The second-order valence-electron chi connectivity index (χ2n) is 5.68. The van der Waals surface area contributed by atoms with Gasteiger partial charge in [-0.3, -0.25) is 9.89 Å². The summed E-state index contributed by atoms with van der Waals surface area (Å²) in [6, 6.07) is 10.9. The van der Waals surface area contributed by atoms with Gasteiger partial charge >= 0.3 is 6.36 Å². The molecule has 0 aliphatic heterocycles. The van der Waals surface area contributed by atoms with Crippen LogP contribution < -0.4 is 10.1 Å². The van der Waals surface area contributed by atoms with E-state index in [1.54, 1.807) is 0 Å². The molecule has 146 valence electrons. The number of H-pyrrole nitrogens is 1. The third-order valence-electron chi connectivity index (χ3n) is 3.72. The molecule has 0 unspecified atom stereocenters. The van der Waals surface area contributed by atoms with Crippen LogP contribution in [0.2, 0.25) is 0 Å². The number of hydrogen-bond acceptors (Lipinski definition) is 5. The maximum Gasteiger partial charge on any atom is 0.573 e. The molecule has 28 heavy (non-hydrogen) atoms. The minimum atomic E-state index is -4.92. The van der Waals surface area contributed by atoms with Crippen molar-refractivity contribution in [3.05, 3.63) is 59.8 Å². The van der Waals surface area contributed by atoms with Crippen molar-refractivity contribution in [1.29, 1.82) is 0 Å². The number of aromatic nitrogens is 2. The lowest BCUT2D eigenvalue weighted by Gasteiger charge is -2.12. The van der Waals surface area contributed by atoms with Crippen LogP contribution in [0.4, 0.5) is 13.2 Å². The van der Waals surface area contributed by atoms with Crippen LogP contribution >= 0.6 is 0 Å². The smallest absolute Gasteiger partial charge is 0.504 e. The lowest BCUT2D eigenvalue weighted by atomic mass is 10.1. The molecule has 0 radical (unpaired) electrons. The van der Waals surface area contributed by atoms with Gasteiger partial charge in [-0.05, 0) is 30.3 Å². The van der Waals surface area contributed by atoms with Crippen LogP contribution in [0.5, 0.6) is 17.2 Å². The van der Waals surface area contributed by atoms with Crippen LogP contribution in [-0.2, 0) is 6.54 Å². The lowest BCUT2D eigenvalue weighted by Crippen LogP contribution is -2.25. The number of carbonyl (C=O) groups excluding carboxylic acids is 1. The summed E-state index contributed by atoms with van der Waals surface area (Å²) in [5, 5.41) is 28.5. The Hall–Kier alpha value is -3.69. The number of ether oxygens (including phenoxy) is 1. The zero-order valence-corrected chi connectivity index (χ0v) is 14.1. The highest BCUT2D eigenvalue weighted by Crippen LogP contribution is 2.35. The molecule has 0 aliphatic rings. The first-order valence-electron chi connectivity index (χ1n) is 7.93. The van der Waals surface area contributed by atoms with E-state index in [0.717, 1.165) is 6.07 Å². The first kappa shape index (κ1) is 19.1. The van der Waals surface area contributed by atoms with Gasteiger partial charge in [0.2, 0.25) is 0 Å². The third-order valence-corrected chi connectivity index (χ3v) is 3.72. The van der Waals surface area contributed by atoms with Crippen molar-refractivity contribution in [2.24, 2.45) is 0 Å². The molecule has 1 aromatic heterocycles. The zero-order chi connectivity index (χ0) is 20.3. The predicted octanol–water partition coefficient (Wildman–Crippen LogP) is 3.32. The SMILES string of the molecule is O=C(NCc1cc(-c2cccc(O)c2O)n[nH]1)c1ccccc1OC(F)(F)F. The van der Waals surface area contributed by atoms with Crippen molar-refractivity contribution in [2.45, 2.75) is 12.9 Å². The summed E-state index contributed by atoms with van der Waals surface area (Å²) < 4.78 is 41.2. The number of alkyl halides is 3. The molecule has 1 amide bonds. The molecule has 7 nitrogen and oxygen atoms in total. The van der Waals surface area contributed by atoms with Crippen LogP contribution in [0.3, 0.4) is 0 Å². The monoisotopic (exact) mass is 393 g/mol. The molecule has 3 aromatic rings. The number of hydrogen-bond donors (Lipinski definition) is 4. The van der Waals surface area contributed by atoms with Crippen molar-refractivity contribution in [2.75, 3.05) is 0 Å². The third kappa shape index (κ3) is 4.34. The van der Waals surface area contributed by atoms with Gasteiger partial charge in [0.1, 0.15) is 5.75 Å². The minimum absolute atomic E-state index is 0.0637. The van der Waals surface area contributed by atoms with Crippen LogP contribution in [0.15, 0.2) is 48.5 Å². The van der Waals surface area contributed by atoms with E-state index in [1.165, 1.54) is 42.5 Å². The van der Waals surface area contributed by atoms with Gasteiger partial charge in [0.05, 0.1) is 23.5 Å². The maximum atomic E-state index is 12.5. The molecule has 0 bridgehead atoms. The van der Waals surface area contributed by atoms with E-state index in [0.29, 0.717) is 11.4 Å². The van der Waals surface area contributed by atoms with Crippen molar-refractivity contribution >= 4 is 5.91 Å². The van der Waals surface area contributed by atoms with E-state index < -0.39 is 18.0 Å². The number of para-hydroxylation sites is 2. The Labute approximate surface area is 156 Å². The van der Waals surface area contributed by atoms with Gasteiger partial charge in [-0.2, -0.15) is 5.10 Å². The molecule has 4 N–H and O–H groups in total. The Morgan fingerprint density at radius 3 is 2.64 bits per heavy atom. The number of halogens is 3. The number of aromatic amines is 1. The number of nitrogens with zero attached hydrogens (tertiary/aromatic N) is 1. The summed E-state index contributed by atoms with van der Waals surface area (Å²) in [4.78, 5) is 12.2. The number of aromatic hydroxyl groups is 2. The van der Waals surface area contributed by atoms with Crippen molar-refractivity contribution in [3.63, 3.8) is 0 Å². The van der Waals surface area contributed by atoms with Crippen molar-refractivity contribution in [3.8, 4) is 28.5 Å². The number of nitrogens with one attached hydrogen (secondary N) is 2. The summed E-state index contributed by atoms with van der Waals surface area (Å²) in [5.41, 5.74) is 0.752. The van der Waals surface area contributed by atoms with E-state index in [2.05, 4.69) is 20.3 Å². The minimum Gasteiger partial charge on any atom is -0.504 e. The summed E-state index contributed by atoms with van der Waals surface area (Å²) in [5.74, 6) is -2.03. The lowest BCUT2D eigenvalue weighted by molar-refractivity contribution is -0.274. The molecule has 0 saturated carbocycles. The summed E-state index contributed by atoms with van der Waals surface area (Å²) in [7, 11) is 0. The Morgan fingerprint density at radius 2 is 1.89 bits per heavy atom. The van der Waals surface area contributed by atoms with Gasteiger partial charge in [-0.1, -0.05) is 18.2 Å². The maximum absolute atomic E-state index is 12.5. The topological polar surface area (TPSA) is 107 Å². The summed E-state index contributed by atoms with van der Waals surface area (Å²) >= 11 is 0. The number of amides is 1. The highest BCUT2D eigenvalue weighted by molar-refractivity contribution is 5.96. The predicted molar refractivity (Wildman–Crippen MR) is 91.6 cm³/mol. The molecule has 10 heteroatoms. The quantitative estimate of drug-likeness (QED) is 0.498. The molecule has 0 aliphatic carbocycles. The van der Waals surface area contributed by atoms with Gasteiger partial charge in [-0.25, -0.2) is 0 Å². The van der Waals surface area contributed by atoms with E-state index in [1.807, 2.05) is 0 Å². The summed E-state index contributed by atoms with van der Waals surface area (Å²) in [6.07, 6.45) is -4.92. The second-order valence-corrected chi connectivity index (χ2v) is 5.68.